The van der Waals surface area contributed by atoms with Gasteiger partial charge in [0.25, 0.3) is 0 Å². The van der Waals surface area contributed by atoms with E-state index in [9.17, 15) is 13.6 Å². The minimum atomic E-state index is -3.84. The molecule has 0 saturated carbocycles. The number of rotatable bonds is 5. The normalized spacial score (nSPS) is 21.8. The number of carbonyl (C=O) groups excluding carboxylic acids is 1. The van der Waals surface area contributed by atoms with Gasteiger partial charge < -0.3 is 14.8 Å². The van der Waals surface area contributed by atoms with Gasteiger partial charge in [0.15, 0.2) is 0 Å². The Morgan fingerprint density at radius 1 is 1.50 bits per heavy atom. The van der Waals surface area contributed by atoms with Crippen LogP contribution in [0.5, 0.6) is 0 Å². The molecule has 94 valence electrons. The van der Waals surface area contributed by atoms with E-state index < -0.39 is 12.1 Å². The first-order valence-electron chi connectivity index (χ1n) is 5.48. The Hall–Kier alpha value is -0.750. The Bertz CT molecular complexity index is 230. The first kappa shape index (κ1) is 13.3. The summed E-state index contributed by atoms with van der Waals surface area (Å²) in [4.78, 5) is 10.8. The summed E-state index contributed by atoms with van der Waals surface area (Å²) in [6.45, 7) is 2.01. The van der Waals surface area contributed by atoms with Crippen LogP contribution in [0.2, 0.25) is 0 Å². The van der Waals surface area contributed by atoms with Gasteiger partial charge in [-0.15, -0.1) is 0 Å². The fourth-order valence-electron chi connectivity index (χ4n) is 1.55. The van der Waals surface area contributed by atoms with Crippen molar-refractivity contribution in [2.24, 2.45) is 0 Å². The summed E-state index contributed by atoms with van der Waals surface area (Å²) < 4.78 is 34.6. The highest BCUT2D eigenvalue weighted by atomic mass is 19.3. The fraction of sp³-hybridized carbons (Fsp3) is 0.900. The third-order valence-electron chi connectivity index (χ3n) is 2.39. The van der Waals surface area contributed by atoms with Crippen molar-refractivity contribution in [3.63, 3.8) is 0 Å². The summed E-state index contributed by atoms with van der Waals surface area (Å²) in [5.74, 6) is -1.62. The van der Waals surface area contributed by atoms with E-state index in [1.807, 2.05) is 0 Å². The Balaban J connectivity index is 2.31. The van der Waals surface area contributed by atoms with Gasteiger partial charge in [0.1, 0.15) is 0 Å². The van der Waals surface area contributed by atoms with E-state index in [0.29, 0.717) is 0 Å². The van der Waals surface area contributed by atoms with E-state index in [0.717, 1.165) is 25.8 Å². The van der Waals surface area contributed by atoms with Crippen LogP contribution in [0.3, 0.4) is 0 Å². The van der Waals surface area contributed by atoms with E-state index in [-0.39, 0.29) is 19.3 Å². The van der Waals surface area contributed by atoms with Gasteiger partial charge in [0.05, 0.1) is 13.2 Å². The number of hydrogen-bond donors (Lipinski definition) is 1. The molecule has 6 heteroatoms. The van der Waals surface area contributed by atoms with Gasteiger partial charge in [-0.1, -0.05) is 6.42 Å². The third kappa shape index (κ3) is 4.02. The number of halogens is 2. The number of hydrogen-bond acceptors (Lipinski definition) is 4. The second-order valence-electron chi connectivity index (χ2n) is 3.70. The van der Waals surface area contributed by atoms with Gasteiger partial charge in [0.2, 0.25) is 0 Å². The lowest BCUT2D eigenvalue weighted by Gasteiger charge is -2.24. The standard InChI is InChI=1S/C10H17F2NO3/c1-2-15-9(14)10(11,12)16-7-8-5-3-4-6-13-8/h8,13H,2-7H2,1H3. The fourth-order valence-corrected chi connectivity index (χ4v) is 1.55. The van der Waals surface area contributed by atoms with E-state index >= 15 is 0 Å². The van der Waals surface area contributed by atoms with Crippen molar-refractivity contribution in [3.8, 4) is 0 Å². The van der Waals surface area contributed by atoms with Crippen LogP contribution in [0.25, 0.3) is 0 Å². The van der Waals surface area contributed by atoms with Crippen molar-refractivity contribution in [2.75, 3.05) is 19.8 Å². The van der Waals surface area contributed by atoms with Gasteiger partial charge in [-0.25, -0.2) is 4.79 Å². The Morgan fingerprint density at radius 2 is 2.25 bits per heavy atom. The quantitative estimate of drug-likeness (QED) is 0.732. The maximum atomic E-state index is 13.0. The predicted molar refractivity (Wildman–Crippen MR) is 53.2 cm³/mol. The highest BCUT2D eigenvalue weighted by molar-refractivity contribution is 5.75. The van der Waals surface area contributed by atoms with Crippen molar-refractivity contribution in [2.45, 2.75) is 38.3 Å². The monoisotopic (exact) mass is 237 g/mol. The van der Waals surface area contributed by atoms with Gasteiger partial charge >= 0.3 is 12.1 Å². The van der Waals surface area contributed by atoms with Gasteiger partial charge in [-0.3, -0.25) is 0 Å². The minimum Gasteiger partial charge on any atom is -0.460 e. The average Bonchev–Trinajstić information content (AvgIpc) is 2.28. The molecule has 1 heterocycles. The van der Waals surface area contributed by atoms with Crippen LogP contribution >= 0.6 is 0 Å². The lowest BCUT2D eigenvalue weighted by Crippen LogP contribution is -2.42. The summed E-state index contributed by atoms with van der Waals surface area (Å²) in [5.41, 5.74) is 0. The second-order valence-corrected chi connectivity index (χ2v) is 3.70. The van der Waals surface area contributed by atoms with Crippen molar-refractivity contribution in [1.29, 1.82) is 0 Å². The van der Waals surface area contributed by atoms with Gasteiger partial charge in [-0.2, -0.15) is 8.78 Å². The number of esters is 1. The van der Waals surface area contributed by atoms with Crippen LogP contribution in [-0.2, 0) is 14.3 Å². The molecule has 1 aliphatic heterocycles. The number of piperidine rings is 1. The van der Waals surface area contributed by atoms with Crippen molar-refractivity contribution < 1.29 is 23.0 Å². The molecule has 1 unspecified atom stereocenters. The lowest BCUT2D eigenvalue weighted by atomic mass is 10.1. The summed E-state index contributed by atoms with van der Waals surface area (Å²) in [5, 5.41) is 3.05. The van der Waals surface area contributed by atoms with Crippen LogP contribution in [-0.4, -0.2) is 37.9 Å². The summed E-state index contributed by atoms with van der Waals surface area (Å²) in [7, 11) is 0. The number of alkyl halides is 2. The van der Waals surface area contributed by atoms with E-state index in [2.05, 4.69) is 14.8 Å². The molecule has 16 heavy (non-hydrogen) atoms. The Labute approximate surface area is 93.3 Å². The number of ether oxygens (including phenoxy) is 2. The molecule has 1 aliphatic rings. The molecule has 0 spiro atoms. The first-order chi connectivity index (χ1) is 7.56. The maximum absolute atomic E-state index is 13.0. The molecule has 0 bridgehead atoms. The molecule has 0 aromatic heterocycles. The number of carbonyl (C=O) groups is 1. The van der Waals surface area contributed by atoms with Crippen molar-refractivity contribution in [1.82, 2.24) is 5.32 Å². The third-order valence-corrected chi connectivity index (χ3v) is 2.39. The topological polar surface area (TPSA) is 47.6 Å². The summed E-state index contributed by atoms with van der Waals surface area (Å²) in [6.07, 6.45) is -1.01. The second kappa shape index (κ2) is 6.10. The van der Waals surface area contributed by atoms with Gasteiger partial charge in [0, 0.05) is 6.04 Å². The van der Waals surface area contributed by atoms with E-state index in [4.69, 9.17) is 0 Å². The zero-order valence-corrected chi connectivity index (χ0v) is 9.30. The van der Waals surface area contributed by atoms with E-state index in [1.165, 1.54) is 6.92 Å². The van der Waals surface area contributed by atoms with Crippen LogP contribution in [0, 0.1) is 0 Å². The van der Waals surface area contributed by atoms with Gasteiger partial charge in [-0.05, 0) is 26.3 Å². The molecule has 0 amide bonds. The van der Waals surface area contributed by atoms with Crippen LogP contribution < -0.4 is 5.32 Å². The molecule has 1 saturated heterocycles. The lowest BCUT2D eigenvalue weighted by molar-refractivity contribution is -0.251. The molecule has 0 aliphatic carbocycles. The molecule has 0 radical (unpaired) electrons. The SMILES string of the molecule is CCOC(=O)C(F)(F)OCC1CCCCN1. The molecular weight excluding hydrogens is 220 g/mol. The first-order valence-corrected chi connectivity index (χ1v) is 5.48. The molecule has 0 aromatic rings. The summed E-state index contributed by atoms with van der Waals surface area (Å²) in [6, 6.07) is -0.103. The van der Waals surface area contributed by atoms with Crippen LogP contribution in [0.4, 0.5) is 8.78 Å². The largest absolute Gasteiger partial charge is 0.460 e. The Kier molecular flexibility index (Phi) is 5.08. The smallest absolute Gasteiger partial charge is 0.456 e. The molecular formula is C10H17F2NO3. The molecule has 0 aromatic carbocycles. The van der Waals surface area contributed by atoms with Crippen molar-refractivity contribution in [3.05, 3.63) is 0 Å². The number of nitrogens with one attached hydrogen (secondary N) is 1. The maximum Gasteiger partial charge on any atom is 0.456 e. The van der Waals surface area contributed by atoms with E-state index in [1.54, 1.807) is 0 Å². The molecule has 4 nitrogen and oxygen atoms in total. The molecule has 1 fully saturated rings. The zero-order valence-electron chi connectivity index (χ0n) is 9.30. The molecule has 1 N–H and O–H groups in total. The van der Waals surface area contributed by atoms with Crippen LogP contribution in [0.15, 0.2) is 0 Å². The molecule has 1 atom stereocenters. The van der Waals surface area contributed by atoms with Crippen LogP contribution in [0.1, 0.15) is 26.2 Å². The highest BCUT2D eigenvalue weighted by Gasteiger charge is 2.42. The summed E-state index contributed by atoms with van der Waals surface area (Å²) >= 11 is 0. The Morgan fingerprint density at radius 3 is 2.81 bits per heavy atom. The predicted octanol–water partition coefficient (Wildman–Crippen LogP) is 1.30. The average molecular weight is 237 g/mol. The van der Waals surface area contributed by atoms with Crippen molar-refractivity contribution >= 4 is 5.97 Å². The highest BCUT2D eigenvalue weighted by Crippen LogP contribution is 2.19. The minimum absolute atomic E-state index is 0.0839. The zero-order chi connectivity index (χ0) is 12.0. The molecule has 1 rings (SSSR count).